The number of nitrogens with one attached hydrogen (secondary N) is 1. The average molecular weight is 333 g/mol. The molecule has 1 aliphatic rings. The normalized spacial score (nSPS) is 22.2. The summed E-state index contributed by atoms with van der Waals surface area (Å²) in [5.74, 6) is 0.0114. The number of halogens is 3. The minimum atomic E-state index is -4.53. The number of hydrogen-bond acceptors (Lipinski definition) is 3. The predicted octanol–water partition coefficient (Wildman–Crippen LogP) is 3.28. The van der Waals surface area contributed by atoms with Crippen LogP contribution in [-0.4, -0.2) is 28.9 Å². The lowest BCUT2D eigenvalue weighted by molar-refractivity contribution is -0.141. The van der Waals surface area contributed by atoms with Crippen molar-refractivity contribution in [1.29, 1.82) is 0 Å². The Labute approximate surface area is 133 Å². The predicted molar refractivity (Wildman–Crippen MR) is 78.9 cm³/mol. The van der Waals surface area contributed by atoms with E-state index in [1.54, 1.807) is 7.11 Å². The molecule has 130 valence electrons. The highest BCUT2D eigenvalue weighted by molar-refractivity contribution is 5.90. The van der Waals surface area contributed by atoms with E-state index in [2.05, 4.69) is 10.4 Å². The molecular formula is C15H22F3N3O2. The van der Waals surface area contributed by atoms with Gasteiger partial charge in [0, 0.05) is 26.1 Å². The summed E-state index contributed by atoms with van der Waals surface area (Å²) in [4.78, 5) is 12.2. The van der Waals surface area contributed by atoms with Crippen molar-refractivity contribution < 1.29 is 22.7 Å². The van der Waals surface area contributed by atoms with Crippen molar-refractivity contribution in [2.24, 2.45) is 13.0 Å². The van der Waals surface area contributed by atoms with Crippen molar-refractivity contribution in [3.63, 3.8) is 0 Å². The fourth-order valence-electron chi connectivity index (χ4n) is 3.16. The van der Waals surface area contributed by atoms with Gasteiger partial charge in [0.1, 0.15) is 5.82 Å². The summed E-state index contributed by atoms with van der Waals surface area (Å²) < 4.78 is 44.9. The summed E-state index contributed by atoms with van der Waals surface area (Å²) in [5.41, 5.74) is -1.03. The van der Waals surface area contributed by atoms with Gasteiger partial charge >= 0.3 is 6.18 Å². The van der Waals surface area contributed by atoms with Crippen LogP contribution in [-0.2, 0) is 22.8 Å². The third kappa shape index (κ3) is 4.25. The number of alkyl halides is 3. The molecule has 8 heteroatoms. The SMILES string of the molecule is COC1CCCC(CC(=O)Nc2c(C)c(C(F)(F)F)nn2C)C1. The van der Waals surface area contributed by atoms with E-state index in [-0.39, 0.29) is 35.7 Å². The molecule has 1 saturated carbocycles. The van der Waals surface area contributed by atoms with Gasteiger partial charge in [0.15, 0.2) is 5.69 Å². The van der Waals surface area contributed by atoms with Crippen molar-refractivity contribution in [1.82, 2.24) is 9.78 Å². The van der Waals surface area contributed by atoms with E-state index in [1.165, 1.54) is 14.0 Å². The summed E-state index contributed by atoms with van der Waals surface area (Å²) in [6, 6.07) is 0. The third-order valence-electron chi connectivity index (χ3n) is 4.35. The number of aryl methyl sites for hydroxylation is 1. The summed E-state index contributed by atoms with van der Waals surface area (Å²) >= 11 is 0. The van der Waals surface area contributed by atoms with Crippen molar-refractivity contribution in [3.8, 4) is 0 Å². The minimum Gasteiger partial charge on any atom is -0.381 e. The molecule has 0 spiro atoms. The number of methoxy groups -OCH3 is 1. The number of hydrogen-bond donors (Lipinski definition) is 1. The highest BCUT2D eigenvalue weighted by Gasteiger charge is 2.37. The molecule has 2 atom stereocenters. The maximum atomic E-state index is 12.8. The summed E-state index contributed by atoms with van der Waals surface area (Å²) in [5, 5.41) is 6.04. The highest BCUT2D eigenvalue weighted by atomic mass is 19.4. The van der Waals surface area contributed by atoms with Gasteiger partial charge in [0.2, 0.25) is 5.91 Å². The van der Waals surface area contributed by atoms with Crippen molar-refractivity contribution in [3.05, 3.63) is 11.3 Å². The minimum absolute atomic E-state index is 0.0632. The van der Waals surface area contributed by atoms with Gasteiger partial charge < -0.3 is 10.1 Å². The van der Waals surface area contributed by atoms with E-state index in [0.29, 0.717) is 0 Å². The molecule has 0 radical (unpaired) electrons. The van der Waals surface area contributed by atoms with Crippen molar-refractivity contribution >= 4 is 11.7 Å². The molecule has 23 heavy (non-hydrogen) atoms. The van der Waals surface area contributed by atoms with E-state index >= 15 is 0 Å². The first-order valence-electron chi connectivity index (χ1n) is 7.65. The summed E-state index contributed by atoms with van der Waals surface area (Å²) in [6.45, 7) is 1.31. The Morgan fingerprint density at radius 2 is 2.13 bits per heavy atom. The van der Waals surface area contributed by atoms with E-state index in [1.807, 2.05) is 0 Å². The second-order valence-corrected chi connectivity index (χ2v) is 6.09. The van der Waals surface area contributed by atoms with Gasteiger partial charge in [-0.3, -0.25) is 9.48 Å². The second-order valence-electron chi connectivity index (χ2n) is 6.09. The molecule has 1 aromatic rings. The molecule has 1 N–H and O–H groups in total. The van der Waals surface area contributed by atoms with Crippen LogP contribution < -0.4 is 5.32 Å². The standard InChI is InChI=1S/C15H22F3N3O2/c1-9-13(15(16,17)18)20-21(2)14(9)19-12(22)8-10-5-4-6-11(7-10)23-3/h10-11H,4-8H2,1-3H3,(H,19,22). The van der Waals surface area contributed by atoms with Crippen LogP contribution in [0.1, 0.15) is 43.4 Å². The van der Waals surface area contributed by atoms with Crippen LogP contribution in [0.3, 0.4) is 0 Å². The van der Waals surface area contributed by atoms with Crippen LogP contribution in [0.2, 0.25) is 0 Å². The van der Waals surface area contributed by atoms with Crippen LogP contribution in [0.4, 0.5) is 19.0 Å². The average Bonchev–Trinajstić information content (AvgIpc) is 2.75. The van der Waals surface area contributed by atoms with E-state index < -0.39 is 11.9 Å². The zero-order valence-corrected chi connectivity index (χ0v) is 13.5. The van der Waals surface area contributed by atoms with E-state index in [4.69, 9.17) is 4.74 Å². The molecule has 1 aromatic heterocycles. The summed E-state index contributed by atoms with van der Waals surface area (Å²) in [7, 11) is 3.05. The van der Waals surface area contributed by atoms with E-state index in [9.17, 15) is 18.0 Å². The van der Waals surface area contributed by atoms with Crippen LogP contribution in [0.25, 0.3) is 0 Å². The summed E-state index contributed by atoms with van der Waals surface area (Å²) in [6.07, 6.45) is -0.347. The van der Waals surface area contributed by atoms with Gasteiger partial charge in [-0.2, -0.15) is 18.3 Å². The number of rotatable bonds is 4. The second kappa shape index (κ2) is 6.90. The Morgan fingerprint density at radius 3 is 2.70 bits per heavy atom. The van der Waals surface area contributed by atoms with Gasteiger partial charge in [-0.15, -0.1) is 0 Å². The number of carbonyl (C=O) groups is 1. The Hall–Kier alpha value is -1.57. The molecule has 1 amide bonds. The van der Waals surface area contributed by atoms with Gasteiger partial charge in [0.05, 0.1) is 6.10 Å². The molecule has 0 bridgehead atoms. The Bertz CT molecular complexity index is 569. The Kier molecular flexibility index (Phi) is 5.33. The zero-order valence-electron chi connectivity index (χ0n) is 13.5. The van der Waals surface area contributed by atoms with Gasteiger partial charge in [0.25, 0.3) is 0 Å². The first-order chi connectivity index (χ1) is 10.7. The lowest BCUT2D eigenvalue weighted by Crippen LogP contribution is -2.26. The number of ether oxygens (including phenoxy) is 1. The molecule has 0 saturated heterocycles. The fourth-order valence-corrected chi connectivity index (χ4v) is 3.16. The lowest BCUT2D eigenvalue weighted by Gasteiger charge is -2.27. The first-order valence-corrected chi connectivity index (χ1v) is 7.65. The third-order valence-corrected chi connectivity index (χ3v) is 4.35. The van der Waals surface area contributed by atoms with Gasteiger partial charge in [-0.25, -0.2) is 0 Å². The molecule has 0 aliphatic heterocycles. The van der Waals surface area contributed by atoms with Crippen molar-refractivity contribution in [2.75, 3.05) is 12.4 Å². The Morgan fingerprint density at radius 1 is 1.43 bits per heavy atom. The number of anilines is 1. The molecule has 1 aliphatic carbocycles. The monoisotopic (exact) mass is 333 g/mol. The number of amides is 1. The number of nitrogens with zero attached hydrogens (tertiary/aromatic N) is 2. The topological polar surface area (TPSA) is 56.1 Å². The Balaban J connectivity index is 2.02. The fraction of sp³-hybridized carbons (Fsp3) is 0.733. The van der Waals surface area contributed by atoms with E-state index in [0.717, 1.165) is 30.4 Å². The zero-order chi connectivity index (χ0) is 17.2. The van der Waals surface area contributed by atoms with Crippen LogP contribution in [0, 0.1) is 12.8 Å². The molecule has 2 unspecified atom stereocenters. The lowest BCUT2D eigenvalue weighted by atomic mass is 9.85. The maximum absolute atomic E-state index is 12.8. The van der Waals surface area contributed by atoms with Gasteiger partial charge in [-0.1, -0.05) is 6.42 Å². The van der Waals surface area contributed by atoms with Crippen LogP contribution in [0.5, 0.6) is 0 Å². The molecule has 1 heterocycles. The molecule has 0 aromatic carbocycles. The largest absolute Gasteiger partial charge is 0.435 e. The smallest absolute Gasteiger partial charge is 0.381 e. The maximum Gasteiger partial charge on any atom is 0.435 e. The van der Waals surface area contributed by atoms with Crippen LogP contribution in [0.15, 0.2) is 0 Å². The molecular weight excluding hydrogens is 311 g/mol. The van der Waals surface area contributed by atoms with Gasteiger partial charge in [-0.05, 0) is 32.1 Å². The van der Waals surface area contributed by atoms with Crippen molar-refractivity contribution in [2.45, 2.75) is 51.3 Å². The molecule has 5 nitrogen and oxygen atoms in total. The highest BCUT2D eigenvalue weighted by Crippen LogP contribution is 2.34. The first kappa shape index (κ1) is 17.8. The number of aromatic nitrogens is 2. The van der Waals surface area contributed by atoms with Crippen LogP contribution >= 0.6 is 0 Å². The molecule has 1 fully saturated rings. The molecule has 2 rings (SSSR count). The number of carbonyl (C=O) groups excluding carboxylic acids is 1. The quantitative estimate of drug-likeness (QED) is 0.920.